The molecule has 0 saturated carbocycles. The minimum Gasteiger partial charge on any atom is -0.593 e. The van der Waals surface area contributed by atoms with Crippen molar-refractivity contribution < 1.29 is 22.5 Å². The van der Waals surface area contributed by atoms with Gasteiger partial charge in [0, 0.05) is 12.7 Å². The first-order valence-electron chi connectivity index (χ1n) is 7.62. The van der Waals surface area contributed by atoms with E-state index in [2.05, 4.69) is 15.0 Å². The molecule has 1 heterocycles. The first kappa shape index (κ1) is 18.8. The van der Waals surface area contributed by atoms with Crippen molar-refractivity contribution in [1.82, 2.24) is 9.71 Å². The second kappa shape index (κ2) is 7.74. The number of nitrogens with two attached hydrogens (primary N) is 1. The number of halogens is 2. The van der Waals surface area contributed by atoms with Crippen LogP contribution in [0.2, 0.25) is 0 Å². The second-order valence-electron chi connectivity index (χ2n) is 5.28. The number of amides is 1. The van der Waals surface area contributed by atoms with E-state index in [9.17, 15) is 18.1 Å². The Kier molecular flexibility index (Phi) is 5.40. The summed E-state index contributed by atoms with van der Waals surface area (Å²) in [4.78, 5) is 16.0. The molecule has 3 rings (SSSR count). The molecule has 4 N–H and O–H groups in total. The highest BCUT2D eigenvalue weighted by atomic mass is 32.2. The first-order chi connectivity index (χ1) is 12.9. The summed E-state index contributed by atoms with van der Waals surface area (Å²) in [7, 11) is 1.55. The molecule has 0 fully saturated rings. The largest absolute Gasteiger partial charge is 0.593 e. The molecular weight excluding hydrogens is 378 g/mol. The van der Waals surface area contributed by atoms with Crippen LogP contribution < -0.4 is 15.8 Å². The number of hydrogen-bond acceptors (Lipinski definition) is 6. The van der Waals surface area contributed by atoms with E-state index in [0.717, 1.165) is 12.1 Å². The van der Waals surface area contributed by atoms with Crippen LogP contribution in [0.4, 0.5) is 20.4 Å². The molecule has 0 bridgehead atoms. The van der Waals surface area contributed by atoms with E-state index < -0.39 is 40.4 Å². The van der Waals surface area contributed by atoms with Crippen LogP contribution in [0.3, 0.4) is 0 Å². The van der Waals surface area contributed by atoms with Crippen LogP contribution in [-0.4, -0.2) is 22.5 Å². The molecule has 0 radical (unpaired) electrons. The summed E-state index contributed by atoms with van der Waals surface area (Å²) in [6, 6.07) is 9.63. The zero-order chi connectivity index (χ0) is 19.6. The Morgan fingerprint density at radius 3 is 2.37 bits per heavy atom. The maximum absolute atomic E-state index is 13.9. The van der Waals surface area contributed by atoms with Crippen molar-refractivity contribution in [3.8, 4) is 11.5 Å². The highest BCUT2D eigenvalue weighted by Crippen LogP contribution is 2.31. The third kappa shape index (κ3) is 3.92. The monoisotopic (exact) mass is 392 g/mol. The lowest BCUT2D eigenvalue weighted by Crippen LogP contribution is -2.18. The molecule has 140 valence electrons. The Labute approximate surface area is 155 Å². The quantitative estimate of drug-likeness (QED) is 0.556. The predicted molar refractivity (Wildman–Crippen MR) is 95.6 cm³/mol. The Morgan fingerprint density at radius 1 is 1.19 bits per heavy atom. The Balaban J connectivity index is 1.96. The van der Waals surface area contributed by atoms with Gasteiger partial charge in [-0.05, 0) is 36.4 Å². The van der Waals surface area contributed by atoms with E-state index in [-0.39, 0.29) is 11.6 Å². The molecular formula is C17H14F2N4O3S. The zero-order valence-corrected chi connectivity index (χ0v) is 14.8. The summed E-state index contributed by atoms with van der Waals surface area (Å²) in [5.74, 6) is -3.30. The van der Waals surface area contributed by atoms with Gasteiger partial charge in [-0.25, -0.2) is 13.8 Å². The van der Waals surface area contributed by atoms with E-state index in [4.69, 9.17) is 10.2 Å². The van der Waals surface area contributed by atoms with Gasteiger partial charge in [-0.3, -0.25) is 4.79 Å². The molecule has 0 aliphatic heterocycles. The number of rotatable bonds is 6. The molecule has 1 unspecified atom stereocenters. The van der Waals surface area contributed by atoms with Crippen molar-refractivity contribution in [3.63, 3.8) is 0 Å². The van der Waals surface area contributed by atoms with Gasteiger partial charge in [0.05, 0.1) is 11.4 Å². The predicted octanol–water partition coefficient (Wildman–Crippen LogP) is 2.70. The number of aromatic nitrogens is 1. The molecule has 1 amide bonds. The van der Waals surface area contributed by atoms with Crippen LogP contribution in [0.15, 0.2) is 51.8 Å². The highest BCUT2D eigenvalue weighted by molar-refractivity contribution is 7.89. The van der Waals surface area contributed by atoms with Gasteiger partial charge in [-0.2, -0.15) is 0 Å². The molecule has 7 nitrogen and oxygen atoms in total. The van der Waals surface area contributed by atoms with Gasteiger partial charge in [0.25, 0.3) is 5.91 Å². The number of nitrogens with one attached hydrogen (secondary N) is 2. The fourth-order valence-electron chi connectivity index (χ4n) is 2.29. The molecule has 1 atom stereocenters. The van der Waals surface area contributed by atoms with E-state index in [0.29, 0.717) is 10.6 Å². The third-order valence-electron chi connectivity index (χ3n) is 3.55. The average Bonchev–Trinajstić information content (AvgIpc) is 3.05. The van der Waals surface area contributed by atoms with Crippen LogP contribution in [0.25, 0.3) is 11.5 Å². The lowest BCUT2D eigenvalue weighted by atomic mass is 10.2. The minimum absolute atomic E-state index is 0.164. The lowest BCUT2D eigenvalue weighted by Gasteiger charge is -2.08. The number of carbonyl (C=O) groups excluding carboxylic acids is 1. The lowest BCUT2D eigenvalue weighted by molar-refractivity contribution is 0.0996. The van der Waals surface area contributed by atoms with Crippen LogP contribution in [-0.2, 0) is 11.4 Å². The van der Waals surface area contributed by atoms with Crippen LogP contribution in [0.5, 0.6) is 0 Å². The molecule has 0 spiro atoms. The van der Waals surface area contributed by atoms with Crippen LogP contribution >= 0.6 is 0 Å². The third-order valence-corrected chi connectivity index (χ3v) is 4.62. The van der Waals surface area contributed by atoms with Gasteiger partial charge >= 0.3 is 0 Å². The van der Waals surface area contributed by atoms with Gasteiger partial charge in [-0.15, -0.1) is 4.72 Å². The molecule has 0 aliphatic rings. The zero-order valence-electron chi connectivity index (χ0n) is 14.0. The fourth-order valence-corrected chi connectivity index (χ4v) is 2.91. The van der Waals surface area contributed by atoms with Crippen molar-refractivity contribution in [3.05, 3.63) is 59.8 Å². The van der Waals surface area contributed by atoms with Crippen molar-refractivity contribution in [2.24, 2.45) is 5.73 Å². The summed E-state index contributed by atoms with van der Waals surface area (Å²) in [5.41, 5.74) is 4.93. The van der Waals surface area contributed by atoms with E-state index in [1.54, 1.807) is 31.3 Å². The normalized spacial score (nSPS) is 12.0. The Hall–Kier alpha value is -2.95. The van der Waals surface area contributed by atoms with Gasteiger partial charge in [-0.1, -0.05) is 6.07 Å². The molecule has 27 heavy (non-hydrogen) atoms. The maximum Gasteiger partial charge on any atom is 0.273 e. The van der Waals surface area contributed by atoms with Crippen molar-refractivity contribution in [2.45, 2.75) is 4.90 Å². The molecule has 10 heteroatoms. The minimum atomic E-state index is -1.35. The van der Waals surface area contributed by atoms with Gasteiger partial charge in [0.15, 0.2) is 10.6 Å². The first-order valence-corrected chi connectivity index (χ1v) is 8.77. The number of carbonyl (C=O) groups is 1. The summed E-state index contributed by atoms with van der Waals surface area (Å²) in [6.45, 7) is 0. The summed E-state index contributed by atoms with van der Waals surface area (Å²) in [6.07, 6.45) is 0. The molecule has 2 aromatic carbocycles. The Morgan fingerprint density at radius 2 is 1.81 bits per heavy atom. The standard InChI is InChI=1S/C17H14F2N4O3S/c1-21-27(25)10-7-5-9(6-8-10)22-17-14(15(20)24)23-16(26-17)13-11(18)3-2-4-12(13)19/h2-8,21-22H,1H3,(H2,20,24). The smallest absolute Gasteiger partial charge is 0.273 e. The SMILES string of the molecule is CN[S+]([O-])c1ccc(Nc2oc(-c3c(F)cccc3F)nc2C(N)=O)cc1. The number of oxazole rings is 1. The van der Waals surface area contributed by atoms with Gasteiger partial charge in [0.2, 0.25) is 11.8 Å². The number of anilines is 2. The van der Waals surface area contributed by atoms with E-state index >= 15 is 0 Å². The topological polar surface area (TPSA) is 116 Å². The summed E-state index contributed by atoms with van der Waals surface area (Å²) < 4.78 is 47.5. The van der Waals surface area contributed by atoms with Gasteiger partial charge < -0.3 is 20.0 Å². The fraction of sp³-hybridized carbons (Fsp3) is 0.0588. The number of primary amides is 1. The Bertz CT molecular complexity index is 959. The number of hydrogen-bond donors (Lipinski definition) is 3. The maximum atomic E-state index is 13.9. The second-order valence-corrected chi connectivity index (χ2v) is 6.70. The van der Waals surface area contributed by atoms with Crippen LogP contribution in [0.1, 0.15) is 10.5 Å². The highest BCUT2D eigenvalue weighted by Gasteiger charge is 2.23. The molecule has 0 saturated heterocycles. The molecule has 1 aromatic heterocycles. The number of nitrogens with zero attached hydrogens (tertiary/aromatic N) is 1. The summed E-state index contributed by atoms with van der Waals surface area (Å²) in [5, 5.41) is 2.77. The van der Waals surface area contributed by atoms with Crippen LogP contribution in [0, 0.1) is 11.6 Å². The van der Waals surface area contributed by atoms with E-state index in [1.807, 2.05) is 0 Å². The van der Waals surface area contributed by atoms with E-state index in [1.165, 1.54) is 6.07 Å². The summed E-state index contributed by atoms with van der Waals surface area (Å²) >= 11 is -1.35. The average molecular weight is 392 g/mol. The van der Waals surface area contributed by atoms with Crippen molar-refractivity contribution in [2.75, 3.05) is 12.4 Å². The molecule has 3 aromatic rings. The number of benzene rings is 2. The molecule has 0 aliphatic carbocycles. The van der Waals surface area contributed by atoms with Crippen molar-refractivity contribution >= 4 is 28.8 Å². The van der Waals surface area contributed by atoms with Gasteiger partial charge in [0.1, 0.15) is 17.2 Å². The van der Waals surface area contributed by atoms with Crippen molar-refractivity contribution in [1.29, 1.82) is 0 Å².